The molecule has 0 N–H and O–H groups in total. The molecule has 4 heteroatoms. The van der Waals surface area contributed by atoms with E-state index < -0.39 is 5.41 Å². The van der Waals surface area contributed by atoms with Crippen molar-refractivity contribution in [2.75, 3.05) is 13.2 Å². The number of allylic oxidation sites excluding steroid dienone is 1. The van der Waals surface area contributed by atoms with E-state index in [2.05, 4.69) is 38.1 Å². The van der Waals surface area contributed by atoms with Gasteiger partial charge in [-0.3, -0.25) is 4.79 Å². The van der Waals surface area contributed by atoms with Gasteiger partial charge in [0.1, 0.15) is 5.75 Å². The first kappa shape index (κ1) is 35.4. The van der Waals surface area contributed by atoms with Crippen molar-refractivity contribution >= 4 is 12.0 Å². The molecule has 1 fully saturated rings. The number of esters is 1. The van der Waals surface area contributed by atoms with Crippen LogP contribution in [0.15, 0.2) is 30.3 Å². The lowest BCUT2D eigenvalue weighted by Gasteiger charge is -2.32. The first-order chi connectivity index (χ1) is 20.0. The topological polar surface area (TPSA) is 44.8 Å². The molecule has 0 amide bonds. The van der Waals surface area contributed by atoms with Crippen LogP contribution in [0.25, 0.3) is 6.08 Å². The van der Waals surface area contributed by atoms with Crippen LogP contribution in [0.2, 0.25) is 0 Å². The molecule has 1 aromatic carbocycles. The fourth-order valence-electron chi connectivity index (χ4n) is 5.87. The Bertz CT molecular complexity index is 817. The van der Waals surface area contributed by atoms with E-state index in [0.29, 0.717) is 13.0 Å². The van der Waals surface area contributed by atoms with Gasteiger partial charge in [0.2, 0.25) is 0 Å². The minimum absolute atomic E-state index is 0.0958. The summed E-state index contributed by atoms with van der Waals surface area (Å²) in [5.41, 5.74) is 0.444. The maximum absolute atomic E-state index is 12.8. The van der Waals surface area contributed by atoms with Gasteiger partial charge in [-0.1, -0.05) is 128 Å². The van der Waals surface area contributed by atoms with Crippen LogP contribution in [0.4, 0.5) is 0 Å². The highest BCUT2D eigenvalue weighted by atomic mass is 16.5. The number of unbranched alkanes of at least 4 members (excludes halogenated alkanes) is 15. The Morgan fingerprint density at radius 3 is 1.85 bits per heavy atom. The second-order valence-electron chi connectivity index (χ2n) is 12.5. The summed E-state index contributed by atoms with van der Waals surface area (Å²) >= 11 is 0. The second kappa shape index (κ2) is 21.8. The molecule has 1 heterocycles. The molecular formula is C37H62O4. The maximum Gasteiger partial charge on any atom is 0.314 e. The van der Waals surface area contributed by atoms with Crippen LogP contribution >= 0.6 is 0 Å². The van der Waals surface area contributed by atoms with E-state index in [0.717, 1.165) is 37.2 Å². The van der Waals surface area contributed by atoms with Crippen LogP contribution in [-0.2, 0) is 14.3 Å². The molecule has 234 valence electrons. The molecule has 0 spiro atoms. The van der Waals surface area contributed by atoms with Crippen LogP contribution in [-0.4, -0.2) is 31.4 Å². The van der Waals surface area contributed by atoms with E-state index in [4.69, 9.17) is 14.2 Å². The summed E-state index contributed by atoms with van der Waals surface area (Å²) in [7, 11) is 0. The van der Waals surface area contributed by atoms with Gasteiger partial charge in [0.25, 0.3) is 0 Å². The van der Waals surface area contributed by atoms with Gasteiger partial charge >= 0.3 is 5.97 Å². The SMILES string of the molecule is CCCCCCCCCCCCCCCCCCOc1ccc(/C=C/C[C@@](C)(C(=O)OCC)[C@@H]2CC[C@H](C)O2)cc1. The lowest BCUT2D eigenvalue weighted by atomic mass is 9.79. The Balaban J connectivity index is 1.52. The summed E-state index contributed by atoms with van der Waals surface area (Å²) in [6.07, 6.45) is 28.9. The van der Waals surface area contributed by atoms with Crippen LogP contribution in [0.3, 0.4) is 0 Å². The molecule has 1 aliphatic rings. The van der Waals surface area contributed by atoms with Crippen molar-refractivity contribution in [2.24, 2.45) is 5.41 Å². The number of rotatable bonds is 24. The zero-order valence-electron chi connectivity index (χ0n) is 27.1. The fraction of sp³-hybridized carbons (Fsp3) is 0.757. The van der Waals surface area contributed by atoms with E-state index in [1.807, 2.05) is 26.0 Å². The number of hydrogen-bond donors (Lipinski definition) is 0. The predicted octanol–water partition coefficient (Wildman–Crippen LogP) is 10.9. The molecule has 0 aromatic heterocycles. The molecule has 3 atom stereocenters. The fourth-order valence-corrected chi connectivity index (χ4v) is 5.87. The van der Waals surface area contributed by atoms with Crippen molar-refractivity contribution in [3.05, 3.63) is 35.9 Å². The summed E-state index contributed by atoms with van der Waals surface area (Å²) in [6.45, 7) is 9.37. The summed E-state index contributed by atoms with van der Waals surface area (Å²) in [5.74, 6) is 0.759. The van der Waals surface area contributed by atoms with Crippen LogP contribution in [0.5, 0.6) is 5.75 Å². The summed E-state index contributed by atoms with van der Waals surface area (Å²) in [4.78, 5) is 12.8. The van der Waals surface area contributed by atoms with Crippen molar-refractivity contribution in [2.45, 2.75) is 162 Å². The second-order valence-corrected chi connectivity index (χ2v) is 12.5. The van der Waals surface area contributed by atoms with E-state index in [-0.39, 0.29) is 18.2 Å². The van der Waals surface area contributed by atoms with Gasteiger partial charge in [-0.05, 0) is 64.2 Å². The number of hydrogen-bond acceptors (Lipinski definition) is 4. The summed E-state index contributed by atoms with van der Waals surface area (Å²) < 4.78 is 17.5. The minimum Gasteiger partial charge on any atom is -0.494 e. The molecule has 41 heavy (non-hydrogen) atoms. The third-order valence-corrected chi connectivity index (χ3v) is 8.68. The average Bonchev–Trinajstić information content (AvgIpc) is 3.42. The predicted molar refractivity (Wildman–Crippen MR) is 173 cm³/mol. The van der Waals surface area contributed by atoms with Gasteiger partial charge < -0.3 is 14.2 Å². The first-order valence-electron chi connectivity index (χ1n) is 17.2. The third-order valence-electron chi connectivity index (χ3n) is 8.68. The van der Waals surface area contributed by atoms with Gasteiger partial charge in [-0.2, -0.15) is 0 Å². The van der Waals surface area contributed by atoms with Gasteiger partial charge in [0.05, 0.1) is 30.8 Å². The number of carbonyl (C=O) groups is 1. The highest BCUT2D eigenvalue weighted by Crippen LogP contribution is 2.38. The molecular weight excluding hydrogens is 508 g/mol. The number of carbonyl (C=O) groups excluding carboxylic acids is 1. The quantitative estimate of drug-likeness (QED) is 0.0916. The largest absolute Gasteiger partial charge is 0.494 e. The van der Waals surface area contributed by atoms with Crippen molar-refractivity contribution in [3.8, 4) is 5.75 Å². The average molecular weight is 571 g/mol. The molecule has 1 aromatic rings. The standard InChI is InChI=1S/C37H62O4/c1-5-7-8-9-10-11-12-13-14-15-16-17-18-19-20-21-31-40-34-27-25-33(26-28-34)23-22-30-37(4,36(38)39-6-2)35-29-24-32(3)41-35/h22-23,25-28,32,35H,5-21,24,29-31H2,1-4H3/b23-22+/t32-,35-,37+/m0/s1. The summed E-state index contributed by atoms with van der Waals surface area (Å²) in [5, 5.41) is 0. The van der Waals surface area contributed by atoms with Gasteiger partial charge in [-0.15, -0.1) is 0 Å². The van der Waals surface area contributed by atoms with Crippen LogP contribution < -0.4 is 4.74 Å². The molecule has 0 unspecified atom stereocenters. The molecule has 1 saturated heterocycles. The Hall–Kier alpha value is -1.81. The molecule has 4 nitrogen and oxygen atoms in total. The zero-order valence-corrected chi connectivity index (χ0v) is 27.1. The monoisotopic (exact) mass is 570 g/mol. The zero-order chi connectivity index (χ0) is 29.6. The number of benzene rings is 1. The lowest BCUT2D eigenvalue weighted by Crippen LogP contribution is -2.41. The molecule has 0 aliphatic carbocycles. The molecule has 0 bridgehead atoms. The lowest BCUT2D eigenvalue weighted by molar-refractivity contribution is -0.163. The van der Waals surface area contributed by atoms with Gasteiger partial charge in [-0.25, -0.2) is 0 Å². The first-order valence-corrected chi connectivity index (χ1v) is 17.2. The molecule has 0 radical (unpaired) electrons. The normalized spacial score (nSPS) is 18.5. The van der Waals surface area contributed by atoms with E-state index in [1.165, 1.54) is 96.3 Å². The van der Waals surface area contributed by atoms with Crippen molar-refractivity contribution in [1.82, 2.24) is 0 Å². The molecule has 0 saturated carbocycles. The number of ether oxygens (including phenoxy) is 3. The van der Waals surface area contributed by atoms with E-state index in [9.17, 15) is 4.79 Å². The van der Waals surface area contributed by atoms with Gasteiger partial charge in [0.15, 0.2) is 0 Å². The minimum atomic E-state index is -0.659. The Morgan fingerprint density at radius 1 is 0.829 bits per heavy atom. The Morgan fingerprint density at radius 2 is 1.37 bits per heavy atom. The van der Waals surface area contributed by atoms with Crippen LogP contribution in [0, 0.1) is 5.41 Å². The third kappa shape index (κ3) is 14.8. The smallest absolute Gasteiger partial charge is 0.314 e. The summed E-state index contributed by atoms with van der Waals surface area (Å²) in [6, 6.07) is 8.24. The van der Waals surface area contributed by atoms with Crippen LogP contribution in [0.1, 0.15) is 155 Å². The van der Waals surface area contributed by atoms with E-state index >= 15 is 0 Å². The van der Waals surface area contributed by atoms with Crippen molar-refractivity contribution in [1.29, 1.82) is 0 Å². The highest BCUT2D eigenvalue weighted by Gasteiger charge is 2.45. The Kier molecular flexibility index (Phi) is 18.8. The molecule has 2 rings (SSSR count). The van der Waals surface area contributed by atoms with E-state index in [1.54, 1.807) is 0 Å². The Labute approximate surface area is 253 Å². The van der Waals surface area contributed by atoms with Crippen molar-refractivity contribution in [3.63, 3.8) is 0 Å². The van der Waals surface area contributed by atoms with Crippen molar-refractivity contribution < 1.29 is 19.0 Å². The maximum atomic E-state index is 12.8. The van der Waals surface area contributed by atoms with Gasteiger partial charge in [0, 0.05) is 0 Å². The molecule has 1 aliphatic heterocycles. The highest BCUT2D eigenvalue weighted by molar-refractivity contribution is 5.77.